The standard InChI is InChI=1S/C13H26N2O2S2/c1-7-15-11(9(2)16)8-18-19-13(4,5)12(14-6)10(3)17/h11-12,14-15H,7-8H2,1-6H3/t11-,12+/m0/s1. The molecule has 19 heavy (non-hydrogen) atoms. The van der Waals surface area contributed by atoms with Gasteiger partial charge in [0.15, 0.2) is 0 Å². The van der Waals surface area contributed by atoms with Crippen molar-refractivity contribution in [2.75, 3.05) is 19.3 Å². The maximum atomic E-state index is 11.6. The van der Waals surface area contributed by atoms with E-state index in [0.29, 0.717) is 5.75 Å². The Morgan fingerprint density at radius 1 is 1.21 bits per heavy atom. The summed E-state index contributed by atoms with van der Waals surface area (Å²) in [6, 6.07) is -0.288. The Balaban J connectivity index is 4.37. The van der Waals surface area contributed by atoms with E-state index in [-0.39, 0.29) is 28.4 Å². The summed E-state index contributed by atoms with van der Waals surface area (Å²) < 4.78 is -0.210. The Bertz CT molecular complexity index is 309. The first kappa shape index (κ1) is 19.0. The van der Waals surface area contributed by atoms with Crippen molar-refractivity contribution in [3.05, 3.63) is 0 Å². The third-order valence-electron chi connectivity index (χ3n) is 2.84. The van der Waals surface area contributed by atoms with E-state index in [0.717, 1.165) is 6.54 Å². The Morgan fingerprint density at radius 2 is 1.79 bits per heavy atom. The molecule has 0 aliphatic rings. The summed E-state index contributed by atoms with van der Waals surface area (Å²) in [5.41, 5.74) is 0. The third kappa shape index (κ3) is 6.79. The van der Waals surface area contributed by atoms with Crippen molar-refractivity contribution in [1.82, 2.24) is 10.6 Å². The second kappa shape index (κ2) is 9.00. The number of likely N-dealkylation sites (N-methyl/N-ethyl adjacent to an activating group) is 2. The summed E-state index contributed by atoms with van der Waals surface area (Å²) in [6.45, 7) is 10.1. The number of rotatable bonds is 10. The van der Waals surface area contributed by atoms with Gasteiger partial charge in [0, 0.05) is 10.5 Å². The topological polar surface area (TPSA) is 58.2 Å². The molecule has 2 N–H and O–H groups in total. The molecule has 0 bridgehead atoms. The zero-order valence-electron chi connectivity index (χ0n) is 12.7. The van der Waals surface area contributed by atoms with Crippen LogP contribution in [0.1, 0.15) is 34.6 Å². The summed E-state index contributed by atoms with van der Waals surface area (Å²) in [7, 11) is 5.09. The first-order valence-electron chi connectivity index (χ1n) is 6.48. The number of carbonyl (C=O) groups excluding carboxylic acids is 2. The minimum Gasteiger partial charge on any atom is -0.309 e. The van der Waals surface area contributed by atoms with Gasteiger partial charge in [0.25, 0.3) is 0 Å². The van der Waals surface area contributed by atoms with Gasteiger partial charge in [-0.25, -0.2) is 0 Å². The van der Waals surface area contributed by atoms with Gasteiger partial charge in [0.05, 0.1) is 12.1 Å². The van der Waals surface area contributed by atoms with Crippen molar-refractivity contribution >= 4 is 33.2 Å². The Kier molecular flexibility index (Phi) is 8.98. The van der Waals surface area contributed by atoms with Gasteiger partial charge in [-0.05, 0) is 41.3 Å². The fraction of sp³-hybridized carbons (Fsp3) is 0.846. The minimum atomic E-state index is -0.210. The van der Waals surface area contributed by atoms with Crippen molar-refractivity contribution in [2.24, 2.45) is 0 Å². The van der Waals surface area contributed by atoms with E-state index in [2.05, 4.69) is 10.6 Å². The van der Waals surface area contributed by atoms with Gasteiger partial charge in [-0.3, -0.25) is 9.59 Å². The van der Waals surface area contributed by atoms with Crippen LogP contribution in [0.25, 0.3) is 0 Å². The molecule has 0 heterocycles. The Hall–Kier alpha value is -0.0400. The minimum absolute atomic E-state index is 0.108. The summed E-state index contributed by atoms with van der Waals surface area (Å²) in [5.74, 6) is 1.01. The van der Waals surface area contributed by atoms with Gasteiger partial charge in [0.2, 0.25) is 0 Å². The molecule has 0 aliphatic carbocycles. The highest BCUT2D eigenvalue weighted by atomic mass is 33.1. The normalized spacial score (nSPS) is 15.1. The summed E-state index contributed by atoms with van der Waals surface area (Å²) >= 11 is 0. The van der Waals surface area contributed by atoms with Crippen LogP contribution >= 0.6 is 21.6 Å². The highest BCUT2D eigenvalue weighted by Crippen LogP contribution is 2.38. The largest absolute Gasteiger partial charge is 0.309 e. The molecule has 112 valence electrons. The molecule has 0 saturated heterocycles. The molecule has 0 aromatic rings. The monoisotopic (exact) mass is 306 g/mol. The molecule has 0 saturated carbocycles. The van der Waals surface area contributed by atoms with Crippen LogP contribution in [0.5, 0.6) is 0 Å². The molecule has 2 atom stereocenters. The lowest BCUT2D eigenvalue weighted by molar-refractivity contribution is -0.119. The molecule has 0 unspecified atom stereocenters. The smallest absolute Gasteiger partial charge is 0.148 e. The fourth-order valence-electron chi connectivity index (χ4n) is 1.91. The molecular formula is C13H26N2O2S2. The van der Waals surface area contributed by atoms with Gasteiger partial charge < -0.3 is 10.6 Å². The molecule has 0 aromatic carbocycles. The first-order valence-corrected chi connectivity index (χ1v) is 8.80. The average Bonchev–Trinajstić information content (AvgIpc) is 2.27. The van der Waals surface area contributed by atoms with Crippen LogP contribution in [0.15, 0.2) is 0 Å². The zero-order valence-corrected chi connectivity index (χ0v) is 14.3. The molecule has 0 aliphatic heterocycles. The molecule has 0 fully saturated rings. The van der Waals surface area contributed by atoms with E-state index < -0.39 is 0 Å². The maximum Gasteiger partial charge on any atom is 0.148 e. The Labute approximate surface area is 124 Å². The SMILES string of the molecule is CCN[C@@H](CSSC(C)(C)[C@H](NC)C(C)=O)C(C)=O. The van der Waals surface area contributed by atoms with Crippen LogP contribution in [-0.4, -0.2) is 47.7 Å². The van der Waals surface area contributed by atoms with Crippen molar-refractivity contribution in [2.45, 2.75) is 51.4 Å². The number of ketones is 2. The second-order valence-corrected chi connectivity index (χ2v) is 8.02. The zero-order chi connectivity index (χ0) is 15.1. The van der Waals surface area contributed by atoms with Crippen LogP contribution < -0.4 is 10.6 Å². The van der Waals surface area contributed by atoms with E-state index >= 15 is 0 Å². The van der Waals surface area contributed by atoms with Crippen LogP contribution in [-0.2, 0) is 9.59 Å². The Morgan fingerprint density at radius 3 is 2.16 bits per heavy atom. The van der Waals surface area contributed by atoms with E-state index in [9.17, 15) is 9.59 Å². The van der Waals surface area contributed by atoms with Gasteiger partial charge in [-0.15, -0.1) is 0 Å². The van der Waals surface area contributed by atoms with Crippen molar-refractivity contribution < 1.29 is 9.59 Å². The van der Waals surface area contributed by atoms with Crippen molar-refractivity contribution in [3.63, 3.8) is 0 Å². The molecule has 6 heteroatoms. The number of hydrogen-bond donors (Lipinski definition) is 2. The lowest BCUT2D eigenvalue weighted by Gasteiger charge is -2.31. The number of carbonyl (C=O) groups is 2. The number of nitrogens with one attached hydrogen (secondary N) is 2. The predicted molar refractivity (Wildman–Crippen MR) is 85.8 cm³/mol. The molecule has 0 rings (SSSR count). The lowest BCUT2D eigenvalue weighted by Crippen LogP contribution is -2.47. The lowest BCUT2D eigenvalue weighted by atomic mass is 10.0. The highest BCUT2D eigenvalue weighted by molar-refractivity contribution is 8.77. The quantitative estimate of drug-likeness (QED) is 0.601. The summed E-state index contributed by atoms with van der Waals surface area (Å²) in [5, 5.41) is 6.23. The van der Waals surface area contributed by atoms with Crippen LogP contribution in [0.4, 0.5) is 0 Å². The molecule has 0 spiro atoms. The summed E-state index contributed by atoms with van der Waals surface area (Å²) in [4.78, 5) is 23.0. The fourth-order valence-corrected chi connectivity index (χ4v) is 4.96. The van der Waals surface area contributed by atoms with Crippen molar-refractivity contribution in [3.8, 4) is 0 Å². The molecule has 0 radical (unpaired) electrons. The summed E-state index contributed by atoms with van der Waals surface area (Å²) in [6.07, 6.45) is 0. The first-order chi connectivity index (χ1) is 8.76. The van der Waals surface area contributed by atoms with E-state index in [1.54, 1.807) is 42.5 Å². The second-order valence-electron chi connectivity index (χ2n) is 5.02. The molecule has 0 amide bonds. The number of Topliss-reactive ketones (excluding diaryl/α,β-unsaturated/α-hetero) is 2. The van der Waals surface area contributed by atoms with Crippen LogP contribution in [0, 0.1) is 0 Å². The van der Waals surface area contributed by atoms with Gasteiger partial charge in [-0.1, -0.05) is 28.5 Å². The van der Waals surface area contributed by atoms with Crippen LogP contribution in [0.2, 0.25) is 0 Å². The van der Waals surface area contributed by atoms with E-state index in [1.807, 2.05) is 20.8 Å². The average molecular weight is 306 g/mol. The predicted octanol–water partition coefficient (Wildman–Crippen LogP) is 1.89. The van der Waals surface area contributed by atoms with E-state index in [4.69, 9.17) is 0 Å². The number of hydrogen-bond acceptors (Lipinski definition) is 6. The molecular weight excluding hydrogens is 280 g/mol. The van der Waals surface area contributed by atoms with E-state index in [1.165, 1.54) is 0 Å². The van der Waals surface area contributed by atoms with Crippen LogP contribution in [0.3, 0.4) is 0 Å². The van der Waals surface area contributed by atoms with Gasteiger partial charge >= 0.3 is 0 Å². The van der Waals surface area contributed by atoms with Gasteiger partial charge in [0.1, 0.15) is 11.6 Å². The van der Waals surface area contributed by atoms with Gasteiger partial charge in [-0.2, -0.15) is 0 Å². The molecule has 0 aromatic heterocycles. The van der Waals surface area contributed by atoms with Crippen molar-refractivity contribution in [1.29, 1.82) is 0 Å². The third-order valence-corrected chi connectivity index (χ3v) is 6.14. The molecule has 4 nitrogen and oxygen atoms in total. The highest BCUT2D eigenvalue weighted by Gasteiger charge is 2.33. The maximum absolute atomic E-state index is 11.6.